The van der Waals surface area contributed by atoms with Crippen molar-refractivity contribution >= 4 is 24.1 Å². The van der Waals surface area contributed by atoms with Gasteiger partial charge in [0.25, 0.3) is 0 Å². The van der Waals surface area contributed by atoms with E-state index in [4.69, 9.17) is 24.5 Å². The quantitative estimate of drug-likeness (QED) is 0.741. The average Bonchev–Trinajstić information content (AvgIpc) is 2.69. The SMILES string of the molecule is CCOC(=O)N1CCC(N(C)C/C=C/c2ccccc2)CC1.O=C(O)C(=O)O. The van der Waals surface area contributed by atoms with Gasteiger partial charge in [0.1, 0.15) is 0 Å². The third kappa shape index (κ3) is 8.68. The molecule has 0 unspecified atom stereocenters. The van der Waals surface area contributed by atoms with Crippen molar-refractivity contribution in [3.05, 3.63) is 42.0 Å². The summed E-state index contributed by atoms with van der Waals surface area (Å²) < 4.78 is 5.05. The summed E-state index contributed by atoms with van der Waals surface area (Å²) in [7, 11) is 2.15. The molecule has 0 aliphatic carbocycles. The lowest BCUT2D eigenvalue weighted by Gasteiger charge is -2.35. The van der Waals surface area contributed by atoms with E-state index >= 15 is 0 Å². The molecular weight excluding hydrogens is 364 g/mol. The zero-order chi connectivity index (χ0) is 20.9. The first-order valence-corrected chi connectivity index (χ1v) is 9.14. The van der Waals surface area contributed by atoms with Crippen molar-refractivity contribution in [1.29, 1.82) is 0 Å². The summed E-state index contributed by atoms with van der Waals surface area (Å²) in [6.07, 6.45) is 6.20. The molecule has 1 fully saturated rings. The van der Waals surface area contributed by atoms with Gasteiger partial charge in [-0.15, -0.1) is 0 Å². The van der Waals surface area contributed by atoms with Gasteiger partial charge in [-0.2, -0.15) is 0 Å². The van der Waals surface area contributed by atoms with Crippen LogP contribution in [0.1, 0.15) is 25.3 Å². The Bertz CT molecular complexity index is 642. The van der Waals surface area contributed by atoms with Crippen molar-refractivity contribution in [2.45, 2.75) is 25.8 Å². The number of hydrogen-bond acceptors (Lipinski definition) is 5. The van der Waals surface area contributed by atoms with Crippen LogP contribution in [-0.2, 0) is 14.3 Å². The minimum absolute atomic E-state index is 0.174. The van der Waals surface area contributed by atoms with Crippen molar-refractivity contribution < 1.29 is 29.3 Å². The van der Waals surface area contributed by atoms with Crippen molar-refractivity contribution in [3.8, 4) is 0 Å². The lowest BCUT2D eigenvalue weighted by Crippen LogP contribution is -2.45. The van der Waals surface area contributed by atoms with Gasteiger partial charge in [-0.1, -0.05) is 42.5 Å². The molecule has 1 aromatic carbocycles. The number of amides is 1. The Labute approximate surface area is 165 Å². The number of carboxylic acid groups (broad SMARTS) is 2. The van der Waals surface area contributed by atoms with Crippen LogP contribution in [-0.4, -0.2) is 77.4 Å². The van der Waals surface area contributed by atoms with E-state index < -0.39 is 11.9 Å². The molecule has 1 aliphatic heterocycles. The average molecular weight is 392 g/mol. The first kappa shape index (κ1) is 23.2. The summed E-state index contributed by atoms with van der Waals surface area (Å²) in [5, 5.41) is 14.8. The number of rotatable bonds is 5. The summed E-state index contributed by atoms with van der Waals surface area (Å²) in [6, 6.07) is 10.9. The second kappa shape index (κ2) is 12.5. The molecule has 2 N–H and O–H groups in total. The van der Waals surface area contributed by atoms with E-state index in [1.807, 2.05) is 17.9 Å². The fraction of sp³-hybridized carbons (Fsp3) is 0.450. The highest BCUT2D eigenvalue weighted by Gasteiger charge is 2.25. The Morgan fingerprint density at radius 3 is 2.21 bits per heavy atom. The third-order valence-electron chi connectivity index (χ3n) is 4.30. The van der Waals surface area contributed by atoms with E-state index in [-0.39, 0.29) is 6.09 Å². The van der Waals surface area contributed by atoms with Crippen molar-refractivity contribution in [2.24, 2.45) is 0 Å². The lowest BCUT2D eigenvalue weighted by molar-refractivity contribution is -0.159. The Hall–Kier alpha value is -2.87. The fourth-order valence-electron chi connectivity index (χ4n) is 2.77. The van der Waals surface area contributed by atoms with Crippen LogP contribution in [0.15, 0.2) is 36.4 Å². The van der Waals surface area contributed by atoms with Gasteiger partial charge in [0.05, 0.1) is 6.61 Å². The van der Waals surface area contributed by atoms with Crippen LogP contribution in [0.4, 0.5) is 4.79 Å². The number of nitrogens with zero attached hydrogens (tertiary/aromatic N) is 2. The number of aliphatic carboxylic acids is 2. The molecule has 1 aromatic rings. The predicted molar refractivity (Wildman–Crippen MR) is 105 cm³/mol. The molecule has 0 bridgehead atoms. The van der Waals surface area contributed by atoms with Gasteiger partial charge in [0.15, 0.2) is 0 Å². The molecule has 2 rings (SSSR count). The Kier molecular flexibility index (Phi) is 10.3. The molecule has 8 nitrogen and oxygen atoms in total. The molecule has 154 valence electrons. The van der Waals surface area contributed by atoms with Gasteiger partial charge < -0.3 is 19.8 Å². The van der Waals surface area contributed by atoms with Crippen LogP contribution >= 0.6 is 0 Å². The molecule has 0 atom stereocenters. The van der Waals surface area contributed by atoms with Crippen LogP contribution in [0.2, 0.25) is 0 Å². The first-order chi connectivity index (χ1) is 13.3. The number of ether oxygens (including phenoxy) is 1. The van der Waals surface area contributed by atoms with Gasteiger partial charge in [-0.05, 0) is 32.4 Å². The minimum Gasteiger partial charge on any atom is -0.473 e. The fourth-order valence-corrected chi connectivity index (χ4v) is 2.77. The molecule has 0 saturated carbocycles. The Morgan fingerprint density at radius 2 is 1.71 bits per heavy atom. The van der Waals surface area contributed by atoms with E-state index in [9.17, 15) is 4.79 Å². The zero-order valence-electron chi connectivity index (χ0n) is 16.3. The maximum absolute atomic E-state index is 11.7. The molecular formula is C20H28N2O6. The topological polar surface area (TPSA) is 107 Å². The second-order valence-corrected chi connectivity index (χ2v) is 6.28. The molecule has 0 aromatic heterocycles. The molecule has 1 heterocycles. The van der Waals surface area contributed by atoms with Crippen LogP contribution in [0.5, 0.6) is 0 Å². The maximum atomic E-state index is 11.7. The third-order valence-corrected chi connectivity index (χ3v) is 4.30. The van der Waals surface area contributed by atoms with E-state index in [1.165, 1.54) is 5.56 Å². The molecule has 1 aliphatic rings. The highest BCUT2D eigenvalue weighted by atomic mass is 16.6. The maximum Gasteiger partial charge on any atom is 0.414 e. The van der Waals surface area contributed by atoms with Gasteiger partial charge >= 0.3 is 18.0 Å². The van der Waals surface area contributed by atoms with Gasteiger partial charge in [-0.25, -0.2) is 14.4 Å². The molecule has 1 saturated heterocycles. The van der Waals surface area contributed by atoms with Gasteiger partial charge in [0, 0.05) is 25.7 Å². The number of carbonyl (C=O) groups is 3. The summed E-state index contributed by atoms with van der Waals surface area (Å²) >= 11 is 0. The number of likely N-dealkylation sites (N-methyl/N-ethyl adjacent to an activating group) is 1. The van der Waals surface area contributed by atoms with E-state index in [1.54, 1.807) is 0 Å². The van der Waals surface area contributed by atoms with Crippen molar-refractivity contribution in [2.75, 3.05) is 33.3 Å². The highest BCUT2D eigenvalue weighted by Crippen LogP contribution is 2.16. The first-order valence-electron chi connectivity index (χ1n) is 9.14. The summed E-state index contributed by atoms with van der Waals surface area (Å²) in [6.45, 7) is 4.80. The predicted octanol–water partition coefficient (Wildman–Crippen LogP) is 2.41. The van der Waals surface area contributed by atoms with Crippen LogP contribution in [0, 0.1) is 0 Å². The normalized spacial score (nSPS) is 14.5. The summed E-state index contributed by atoms with van der Waals surface area (Å²) in [5.74, 6) is -3.65. The van der Waals surface area contributed by atoms with Crippen LogP contribution in [0.3, 0.4) is 0 Å². The number of carboxylic acids is 2. The van der Waals surface area contributed by atoms with E-state index in [0.29, 0.717) is 12.6 Å². The lowest BCUT2D eigenvalue weighted by atomic mass is 10.0. The number of benzene rings is 1. The zero-order valence-corrected chi connectivity index (χ0v) is 16.3. The molecule has 0 radical (unpaired) electrons. The van der Waals surface area contributed by atoms with Crippen LogP contribution < -0.4 is 0 Å². The number of carbonyl (C=O) groups excluding carboxylic acids is 1. The van der Waals surface area contributed by atoms with E-state index in [0.717, 1.165) is 32.5 Å². The smallest absolute Gasteiger partial charge is 0.414 e. The highest BCUT2D eigenvalue weighted by molar-refractivity contribution is 6.27. The second-order valence-electron chi connectivity index (χ2n) is 6.28. The number of hydrogen-bond donors (Lipinski definition) is 2. The minimum atomic E-state index is -1.82. The van der Waals surface area contributed by atoms with Gasteiger partial charge in [0.2, 0.25) is 0 Å². The molecule has 0 spiro atoms. The monoisotopic (exact) mass is 392 g/mol. The van der Waals surface area contributed by atoms with Gasteiger partial charge in [-0.3, -0.25) is 4.90 Å². The summed E-state index contributed by atoms with van der Waals surface area (Å²) in [5.41, 5.74) is 1.23. The van der Waals surface area contributed by atoms with E-state index in [2.05, 4.69) is 48.4 Å². The van der Waals surface area contributed by atoms with Crippen molar-refractivity contribution in [3.63, 3.8) is 0 Å². The van der Waals surface area contributed by atoms with Crippen molar-refractivity contribution in [1.82, 2.24) is 9.80 Å². The Balaban J connectivity index is 0.000000568. The van der Waals surface area contributed by atoms with Crippen LogP contribution in [0.25, 0.3) is 6.08 Å². The summed E-state index contributed by atoms with van der Waals surface area (Å²) in [4.78, 5) is 34.1. The molecule has 28 heavy (non-hydrogen) atoms. The molecule has 1 amide bonds. The Morgan fingerprint density at radius 1 is 1.14 bits per heavy atom. The molecule has 8 heteroatoms. The number of likely N-dealkylation sites (tertiary alicyclic amines) is 1. The number of piperidine rings is 1. The largest absolute Gasteiger partial charge is 0.473 e. The standard InChI is InChI=1S/C18H26N2O2.C2H2O4/c1-3-22-18(21)20-14-11-17(12-15-20)19(2)13-7-10-16-8-5-4-6-9-16;3-1(4)2(5)6/h4-10,17H,3,11-15H2,1-2H3;(H,3,4)(H,5,6)/b10-7+;.